The Hall–Kier alpha value is -1.11. The third kappa shape index (κ3) is 4.33. The lowest BCUT2D eigenvalue weighted by Crippen LogP contribution is -2.01. The number of pyridine rings is 1. The Labute approximate surface area is 109 Å². The van der Waals surface area contributed by atoms with E-state index < -0.39 is 0 Å². The molecule has 94 valence electrons. The van der Waals surface area contributed by atoms with Gasteiger partial charge in [0, 0.05) is 0 Å². The van der Waals surface area contributed by atoms with Gasteiger partial charge in [0.25, 0.3) is 0 Å². The van der Waals surface area contributed by atoms with Crippen LogP contribution < -0.4 is 10.5 Å². The molecule has 1 aromatic rings. The fourth-order valence-corrected chi connectivity index (χ4v) is 1.44. The molecule has 0 unspecified atom stereocenters. The average molecular weight is 277 g/mol. The van der Waals surface area contributed by atoms with Crippen molar-refractivity contribution in [2.75, 3.05) is 13.7 Å². The maximum atomic E-state index is 5.81. The number of nitrogens with two attached hydrogens (primary N) is 1. The van der Waals surface area contributed by atoms with Crippen molar-refractivity contribution in [2.24, 2.45) is 5.73 Å². The van der Waals surface area contributed by atoms with Gasteiger partial charge in [-0.05, 0) is 19.1 Å². The molecule has 7 heteroatoms. The molecule has 0 bridgehead atoms. The molecule has 2 N–H and O–H groups in total. The lowest BCUT2D eigenvalue weighted by molar-refractivity contribution is 0.356. The molecule has 5 nitrogen and oxygen atoms in total. The first-order chi connectivity index (χ1) is 8.19. The normalized spacial score (nSPS) is 11.4. The van der Waals surface area contributed by atoms with Crippen molar-refractivity contribution >= 4 is 29.6 Å². The summed E-state index contributed by atoms with van der Waals surface area (Å²) in [7, 11) is 1.49. The summed E-state index contributed by atoms with van der Waals surface area (Å²) >= 11 is 6.59. The SMILES string of the molecule is CCOSOC=C(N)c1ccc(Cl)nc1OC. The lowest BCUT2D eigenvalue weighted by atomic mass is 10.2. The highest BCUT2D eigenvalue weighted by atomic mass is 35.5. The monoisotopic (exact) mass is 276 g/mol. The van der Waals surface area contributed by atoms with Crippen LogP contribution in [0, 0.1) is 0 Å². The number of methoxy groups -OCH3 is 1. The zero-order valence-corrected chi connectivity index (χ0v) is 11.0. The Morgan fingerprint density at radius 1 is 1.59 bits per heavy atom. The molecule has 1 aromatic heterocycles. The second-order valence-corrected chi connectivity index (χ2v) is 3.79. The molecular weight excluding hydrogens is 264 g/mol. The molecule has 1 rings (SSSR count). The number of hydrogen-bond acceptors (Lipinski definition) is 6. The van der Waals surface area contributed by atoms with Gasteiger partial charge in [-0.2, -0.15) is 0 Å². The molecule has 0 amide bonds. The predicted octanol–water partition coefficient (Wildman–Crippen LogP) is 2.62. The molecule has 0 aliphatic carbocycles. The van der Waals surface area contributed by atoms with Gasteiger partial charge in [-0.3, -0.25) is 4.18 Å². The van der Waals surface area contributed by atoms with Crippen molar-refractivity contribution in [3.05, 3.63) is 29.1 Å². The van der Waals surface area contributed by atoms with Crippen LogP contribution in [0.25, 0.3) is 5.70 Å². The van der Waals surface area contributed by atoms with Crippen molar-refractivity contribution in [2.45, 2.75) is 6.92 Å². The van der Waals surface area contributed by atoms with E-state index in [1.807, 2.05) is 6.92 Å². The van der Waals surface area contributed by atoms with E-state index in [1.165, 1.54) is 13.4 Å². The zero-order valence-electron chi connectivity index (χ0n) is 9.47. The lowest BCUT2D eigenvalue weighted by Gasteiger charge is -2.07. The van der Waals surface area contributed by atoms with Crippen LogP contribution in [-0.2, 0) is 8.37 Å². The van der Waals surface area contributed by atoms with Gasteiger partial charge in [0.2, 0.25) is 18.2 Å². The molecule has 0 aromatic carbocycles. The summed E-state index contributed by atoms with van der Waals surface area (Å²) < 4.78 is 15.0. The minimum Gasteiger partial charge on any atom is -0.480 e. The minimum atomic E-state index is 0.336. The van der Waals surface area contributed by atoms with Crippen LogP contribution in [0.4, 0.5) is 0 Å². The maximum Gasteiger partial charge on any atom is 0.224 e. The summed E-state index contributed by atoms with van der Waals surface area (Å²) in [5.41, 5.74) is 6.79. The van der Waals surface area contributed by atoms with E-state index in [9.17, 15) is 0 Å². The zero-order chi connectivity index (χ0) is 12.7. The molecule has 0 aliphatic rings. The van der Waals surface area contributed by atoms with Gasteiger partial charge in [-0.15, -0.1) is 0 Å². The number of ether oxygens (including phenoxy) is 1. The van der Waals surface area contributed by atoms with Crippen LogP contribution in [0.3, 0.4) is 0 Å². The smallest absolute Gasteiger partial charge is 0.224 e. The number of rotatable bonds is 6. The Balaban J connectivity index is 2.77. The van der Waals surface area contributed by atoms with E-state index in [1.54, 1.807) is 12.1 Å². The third-order valence-corrected chi connectivity index (χ3v) is 2.43. The standard InChI is InChI=1S/C10H13ClN2O3S/c1-3-15-17-16-6-8(12)7-4-5-9(11)13-10(7)14-2/h4-6H,3,12H2,1-2H3. The van der Waals surface area contributed by atoms with Crippen LogP contribution in [0.15, 0.2) is 18.4 Å². The van der Waals surface area contributed by atoms with E-state index in [0.717, 1.165) is 12.3 Å². The van der Waals surface area contributed by atoms with E-state index in [4.69, 9.17) is 30.4 Å². The Morgan fingerprint density at radius 3 is 3.00 bits per heavy atom. The molecule has 1 heterocycles. The second kappa shape index (κ2) is 7.26. The van der Waals surface area contributed by atoms with Crippen molar-refractivity contribution in [1.82, 2.24) is 4.98 Å². The van der Waals surface area contributed by atoms with Crippen LogP contribution in [0.5, 0.6) is 5.88 Å². The summed E-state index contributed by atoms with van der Waals surface area (Å²) in [6.45, 7) is 2.40. The largest absolute Gasteiger partial charge is 0.480 e. The van der Waals surface area contributed by atoms with Gasteiger partial charge in [-0.25, -0.2) is 4.98 Å². The quantitative estimate of drug-likeness (QED) is 0.373. The molecule has 0 fully saturated rings. The third-order valence-electron chi connectivity index (χ3n) is 1.71. The Morgan fingerprint density at radius 2 is 2.35 bits per heavy atom. The molecule has 0 aliphatic heterocycles. The fourth-order valence-electron chi connectivity index (χ4n) is 1.00. The number of halogens is 1. The fraction of sp³-hybridized carbons (Fsp3) is 0.300. The van der Waals surface area contributed by atoms with E-state index >= 15 is 0 Å². The van der Waals surface area contributed by atoms with Crippen LogP contribution in [0.2, 0.25) is 5.15 Å². The highest BCUT2D eigenvalue weighted by Gasteiger charge is 2.08. The topological polar surface area (TPSA) is 66.6 Å². The minimum absolute atomic E-state index is 0.336. The van der Waals surface area contributed by atoms with E-state index in [-0.39, 0.29) is 0 Å². The molecule has 0 saturated heterocycles. The Kier molecular flexibility index (Phi) is 5.96. The molecule has 0 radical (unpaired) electrons. The van der Waals surface area contributed by atoms with Gasteiger partial charge < -0.3 is 14.7 Å². The number of nitrogens with zero attached hydrogens (tertiary/aromatic N) is 1. The molecule has 0 spiro atoms. The van der Waals surface area contributed by atoms with Gasteiger partial charge in [0.1, 0.15) is 11.4 Å². The molecule has 0 atom stereocenters. The summed E-state index contributed by atoms with van der Waals surface area (Å²) in [6.07, 6.45) is 1.35. The Bertz CT molecular complexity index is 401. The van der Waals surface area contributed by atoms with Crippen molar-refractivity contribution in [3.8, 4) is 5.88 Å². The van der Waals surface area contributed by atoms with E-state index in [0.29, 0.717) is 28.9 Å². The van der Waals surface area contributed by atoms with Crippen molar-refractivity contribution < 1.29 is 13.1 Å². The first kappa shape index (κ1) is 14.0. The summed E-state index contributed by atoms with van der Waals surface area (Å²) in [4.78, 5) is 3.99. The van der Waals surface area contributed by atoms with Crippen molar-refractivity contribution in [1.29, 1.82) is 0 Å². The molecular formula is C10H13ClN2O3S. The maximum absolute atomic E-state index is 5.81. The number of hydrogen-bond donors (Lipinski definition) is 1. The highest BCUT2D eigenvalue weighted by Crippen LogP contribution is 2.23. The first-order valence-electron chi connectivity index (χ1n) is 4.80. The molecule has 17 heavy (non-hydrogen) atoms. The first-order valence-corrected chi connectivity index (χ1v) is 5.85. The summed E-state index contributed by atoms with van der Waals surface area (Å²) in [5, 5.41) is 0.336. The summed E-state index contributed by atoms with van der Waals surface area (Å²) in [5.74, 6) is 0.344. The molecule has 0 saturated carbocycles. The van der Waals surface area contributed by atoms with E-state index in [2.05, 4.69) is 4.98 Å². The van der Waals surface area contributed by atoms with Gasteiger partial charge in [0.15, 0.2) is 0 Å². The van der Waals surface area contributed by atoms with Gasteiger partial charge >= 0.3 is 0 Å². The van der Waals surface area contributed by atoms with Crippen LogP contribution >= 0.6 is 23.9 Å². The van der Waals surface area contributed by atoms with Gasteiger partial charge in [0.05, 0.1) is 25.0 Å². The second-order valence-electron chi connectivity index (χ2n) is 2.83. The highest BCUT2D eigenvalue weighted by molar-refractivity contribution is 7.89. The average Bonchev–Trinajstić information content (AvgIpc) is 2.34. The number of aromatic nitrogens is 1. The van der Waals surface area contributed by atoms with Crippen molar-refractivity contribution in [3.63, 3.8) is 0 Å². The van der Waals surface area contributed by atoms with Gasteiger partial charge in [-0.1, -0.05) is 11.6 Å². The van der Waals surface area contributed by atoms with Crippen LogP contribution in [0.1, 0.15) is 12.5 Å². The predicted molar refractivity (Wildman–Crippen MR) is 68.3 cm³/mol. The summed E-state index contributed by atoms with van der Waals surface area (Å²) in [6, 6.07) is 3.32. The van der Waals surface area contributed by atoms with Crippen LogP contribution in [-0.4, -0.2) is 18.7 Å².